The Morgan fingerprint density at radius 3 is 2.63 bits per heavy atom. The maximum absolute atomic E-state index is 13.4. The molecule has 4 rings (SSSR count). The fourth-order valence-electron chi connectivity index (χ4n) is 3.18. The first-order chi connectivity index (χ1) is 13.2. The van der Waals surface area contributed by atoms with Gasteiger partial charge in [0.1, 0.15) is 10.8 Å². The number of piperazine rings is 1. The Bertz CT molecular complexity index is 922. The van der Waals surface area contributed by atoms with Crippen molar-refractivity contribution in [2.45, 2.75) is 6.42 Å². The van der Waals surface area contributed by atoms with Crippen LogP contribution in [-0.4, -0.2) is 47.0 Å². The second-order valence-electron chi connectivity index (χ2n) is 6.40. The van der Waals surface area contributed by atoms with Gasteiger partial charge in [-0.25, -0.2) is 9.37 Å². The molecule has 1 fully saturated rings. The van der Waals surface area contributed by atoms with Crippen molar-refractivity contribution in [3.8, 4) is 10.6 Å². The lowest BCUT2D eigenvalue weighted by molar-refractivity contribution is -0.130. The molecule has 138 valence electrons. The van der Waals surface area contributed by atoms with Crippen molar-refractivity contribution in [1.82, 2.24) is 14.9 Å². The largest absolute Gasteiger partial charge is 0.368 e. The second kappa shape index (κ2) is 7.84. The molecule has 7 heteroatoms. The number of carbonyl (C=O) groups is 1. The van der Waals surface area contributed by atoms with Gasteiger partial charge in [0.25, 0.3) is 0 Å². The van der Waals surface area contributed by atoms with Crippen molar-refractivity contribution in [2.75, 3.05) is 31.1 Å². The van der Waals surface area contributed by atoms with Crippen LogP contribution in [0.25, 0.3) is 10.6 Å². The number of thiazole rings is 1. The molecule has 0 unspecified atom stereocenters. The van der Waals surface area contributed by atoms with E-state index >= 15 is 0 Å². The van der Waals surface area contributed by atoms with Crippen molar-refractivity contribution in [1.29, 1.82) is 0 Å². The molecule has 0 radical (unpaired) electrons. The molecule has 0 bridgehead atoms. The van der Waals surface area contributed by atoms with E-state index < -0.39 is 0 Å². The molecule has 1 aliphatic heterocycles. The summed E-state index contributed by atoms with van der Waals surface area (Å²) in [6.07, 6.45) is 3.84. The first kappa shape index (κ1) is 17.6. The maximum Gasteiger partial charge on any atom is 0.228 e. The van der Waals surface area contributed by atoms with Gasteiger partial charge in [0.05, 0.1) is 12.1 Å². The van der Waals surface area contributed by atoms with Crippen LogP contribution in [0.3, 0.4) is 0 Å². The number of rotatable bonds is 4. The maximum atomic E-state index is 13.4. The predicted octanol–water partition coefficient (Wildman–Crippen LogP) is 3.24. The fourth-order valence-corrected chi connectivity index (χ4v) is 3.99. The molecular formula is C20H19FN4OS. The van der Waals surface area contributed by atoms with Crippen molar-refractivity contribution < 1.29 is 9.18 Å². The lowest BCUT2D eigenvalue weighted by Crippen LogP contribution is -2.49. The Kier molecular flexibility index (Phi) is 5.11. The SMILES string of the molecule is O=C(Cc1csc(-c2cccc(F)c2)n1)N1CCN(c2ccncc2)CC1. The number of hydrogen-bond acceptors (Lipinski definition) is 5. The van der Waals surface area contributed by atoms with Gasteiger partial charge in [-0.1, -0.05) is 12.1 Å². The van der Waals surface area contributed by atoms with Crippen molar-refractivity contribution >= 4 is 22.9 Å². The Morgan fingerprint density at radius 2 is 1.89 bits per heavy atom. The molecule has 2 aromatic heterocycles. The van der Waals surface area contributed by atoms with Crippen LogP contribution in [0.1, 0.15) is 5.69 Å². The normalized spacial score (nSPS) is 14.4. The standard InChI is InChI=1S/C20H19FN4OS/c21-16-3-1-2-15(12-16)20-23-17(14-27-20)13-19(26)25-10-8-24(9-11-25)18-4-6-22-7-5-18/h1-7,12,14H,8-11,13H2. The number of halogens is 1. The van der Waals surface area contributed by atoms with E-state index in [-0.39, 0.29) is 18.1 Å². The molecule has 1 amide bonds. The highest BCUT2D eigenvalue weighted by atomic mass is 32.1. The van der Waals surface area contributed by atoms with Crippen LogP contribution >= 0.6 is 11.3 Å². The van der Waals surface area contributed by atoms with E-state index in [0.717, 1.165) is 35.0 Å². The molecule has 0 aliphatic carbocycles. The molecule has 0 spiro atoms. The summed E-state index contributed by atoms with van der Waals surface area (Å²) < 4.78 is 13.4. The topological polar surface area (TPSA) is 49.3 Å². The van der Waals surface area contributed by atoms with E-state index in [1.807, 2.05) is 28.5 Å². The summed E-state index contributed by atoms with van der Waals surface area (Å²) in [5.74, 6) is -0.201. The third kappa shape index (κ3) is 4.14. The Hall–Kier alpha value is -2.80. The molecule has 0 saturated carbocycles. The van der Waals surface area contributed by atoms with Gasteiger partial charge in [-0.3, -0.25) is 9.78 Å². The number of nitrogens with zero attached hydrogens (tertiary/aromatic N) is 4. The van der Waals surface area contributed by atoms with Crippen LogP contribution in [0, 0.1) is 5.82 Å². The Morgan fingerprint density at radius 1 is 1.11 bits per heavy atom. The summed E-state index contributed by atoms with van der Waals surface area (Å²) in [5, 5.41) is 2.62. The average molecular weight is 382 g/mol. The van der Waals surface area contributed by atoms with E-state index in [4.69, 9.17) is 0 Å². The number of benzene rings is 1. The minimum absolute atomic E-state index is 0.0838. The zero-order chi connectivity index (χ0) is 18.6. The van der Waals surface area contributed by atoms with E-state index in [2.05, 4.69) is 14.9 Å². The summed E-state index contributed by atoms with van der Waals surface area (Å²) in [7, 11) is 0. The highest BCUT2D eigenvalue weighted by molar-refractivity contribution is 7.13. The fraction of sp³-hybridized carbons (Fsp3) is 0.250. The van der Waals surface area contributed by atoms with Gasteiger partial charge in [0, 0.05) is 55.2 Å². The Balaban J connectivity index is 1.35. The van der Waals surface area contributed by atoms with Crippen LogP contribution in [0.15, 0.2) is 54.2 Å². The smallest absolute Gasteiger partial charge is 0.228 e. The quantitative estimate of drug-likeness (QED) is 0.695. The van der Waals surface area contributed by atoms with Crippen LogP contribution < -0.4 is 4.90 Å². The molecule has 0 atom stereocenters. The van der Waals surface area contributed by atoms with E-state index in [1.54, 1.807) is 18.5 Å². The molecule has 1 aliphatic rings. The molecule has 3 heterocycles. The van der Waals surface area contributed by atoms with Crippen molar-refractivity contribution in [3.05, 3.63) is 65.7 Å². The second-order valence-corrected chi connectivity index (χ2v) is 7.26. The number of carbonyl (C=O) groups excluding carboxylic acids is 1. The number of aromatic nitrogens is 2. The summed E-state index contributed by atoms with van der Waals surface area (Å²) in [4.78, 5) is 25.3. The van der Waals surface area contributed by atoms with Gasteiger partial charge < -0.3 is 9.80 Å². The van der Waals surface area contributed by atoms with Gasteiger partial charge in [0.2, 0.25) is 5.91 Å². The molecule has 0 N–H and O–H groups in total. The summed E-state index contributed by atoms with van der Waals surface area (Å²) >= 11 is 1.43. The molecule has 5 nitrogen and oxygen atoms in total. The minimum atomic E-state index is -0.285. The number of hydrogen-bond donors (Lipinski definition) is 0. The van der Waals surface area contributed by atoms with Gasteiger partial charge >= 0.3 is 0 Å². The summed E-state index contributed by atoms with van der Waals surface area (Å²) in [6.45, 7) is 3.01. The first-order valence-electron chi connectivity index (χ1n) is 8.82. The first-order valence-corrected chi connectivity index (χ1v) is 9.70. The van der Waals surface area contributed by atoms with Crippen LogP contribution in [0.5, 0.6) is 0 Å². The molecule has 3 aromatic rings. The summed E-state index contributed by atoms with van der Waals surface area (Å²) in [6, 6.07) is 10.3. The molecule has 1 aromatic carbocycles. The highest BCUT2D eigenvalue weighted by Gasteiger charge is 2.22. The zero-order valence-electron chi connectivity index (χ0n) is 14.7. The van der Waals surface area contributed by atoms with Crippen LogP contribution in [0.2, 0.25) is 0 Å². The Labute approximate surface area is 161 Å². The average Bonchev–Trinajstić information content (AvgIpc) is 3.17. The zero-order valence-corrected chi connectivity index (χ0v) is 15.5. The number of amides is 1. The van der Waals surface area contributed by atoms with Crippen LogP contribution in [-0.2, 0) is 11.2 Å². The van der Waals surface area contributed by atoms with E-state index in [9.17, 15) is 9.18 Å². The predicted molar refractivity (Wildman–Crippen MR) is 104 cm³/mol. The third-order valence-corrected chi connectivity index (χ3v) is 5.56. The van der Waals surface area contributed by atoms with E-state index in [1.165, 1.54) is 23.5 Å². The van der Waals surface area contributed by atoms with E-state index in [0.29, 0.717) is 13.1 Å². The van der Waals surface area contributed by atoms with Gasteiger partial charge in [0.15, 0.2) is 0 Å². The van der Waals surface area contributed by atoms with Crippen molar-refractivity contribution in [2.24, 2.45) is 0 Å². The van der Waals surface area contributed by atoms with Gasteiger partial charge in [-0.05, 0) is 24.3 Å². The van der Waals surface area contributed by atoms with Gasteiger partial charge in [-0.15, -0.1) is 11.3 Å². The molecule has 1 saturated heterocycles. The third-order valence-electron chi connectivity index (χ3n) is 4.62. The monoisotopic (exact) mass is 382 g/mol. The number of anilines is 1. The molecular weight excluding hydrogens is 363 g/mol. The minimum Gasteiger partial charge on any atom is -0.368 e. The lowest BCUT2D eigenvalue weighted by atomic mass is 10.2. The van der Waals surface area contributed by atoms with Crippen molar-refractivity contribution in [3.63, 3.8) is 0 Å². The molecule has 27 heavy (non-hydrogen) atoms. The number of pyridine rings is 1. The summed E-state index contributed by atoms with van der Waals surface area (Å²) in [5.41, 5.74) is 2.61. The van der Waals surface area contributed by atoms with Gasteiger partial charge in [-0.2, -0.15) is 0 Å². The lowest BCUT2D eigenvalue weighted by Gasteiger charge is -2.36. The van der Waals surface area contributed by atoms with Crippen LogP contribution in [0.4, 0.5) is 10.1 Å². The highest BCUT2D eigenvalue weighted by Crippen LogP contribution is 2.25.